The molecule has 0 unspecified atom stereocenters. The summed E-state index contributed by atoms with van der Waals surface area (Å²) >= 11 is 7.27. The highest BCUT2D eigenvalue weighted by Gasteiger charge is 2.13. The summed E-state index contributed by atoms with van der Waals surface area (Å²) in [6.07, 6.45) is 0. The molecule has 4 rings (SSSR count). The van der Waals surface area contributed by atoms with Gasteiger partial charge >= 0.3 is 0 Å². The number of fused-ring (bicyclic) bond motifs is 3. The highest BCUT2D eigenvalue weighted by Crippen LogP contribution is 2.24. The number of carbonyl (C=O) groups excluding carboxylic acids is 1. The lowest BCUT2D eigenvalue weighted by molar-refractivity contribution is -0.113. The number of imidazole rings is 1. The van der Waals surface area contributed by atoms with Gasteiger partial charge in [-0.05, 0) is 30.3 Å². The molecule has 7 nitrogen and oxygen atoms in total. The molecule has 0 fully saturated rings. The number of aromatic amines is 1. The zero-order valence-electron chi connectivity index (χ0n) is 13.2. The van der Waals surface area contributed by atoms with Crippen LogP contribution >= 0.6 is 23.4 Å². The molecule has 0 atom stereocenters. The zero-order valence-corrected chi connectivity index (χ0v) is 14.8. The number of amides is 1. The Balaban J connectivity index is 1.49. The van der Waals surface area contributed by atoms with Gasteiger partial charge in [0, 0.05) is 5.69 Å². The topological polar surface area (TPSA) is 98.9 Å². The zero-order chi connectivity index (χ0) is 18.1. The van der Waals surface area contributed by atoms with Gasteiger partial charge in [0.25, 0.3) is 0 Å². The quantitative estimate of drug-likeness (QED) is 0.526. The average Bonchev–Trinajstić information content (AvgIpc) is 3.19. The number of hydrogen-bond donors (Lipinski definition) is 2. The van der Waals surface area contributed by atoms with E-state index in [-0.39, 0.29) is 11.7 Å². The summed E-state index contributed by atoms with van der Waals surface area (Å²) in [5.41, 5.74) is 2.70. The molecule has 0 saturated heterocycles. The number of para-hydroxylation sites is 2. The van der Waals surface area contributed by atoms with E-state index in [1.165, 1.54) is 11.8 Å². The fourth-order valence-corrected chi connectivity index (χ4v) is 3.53. The van der Waals surface area contributed by atoms with Crippen LogP contribution in [0.4, 0.5) is 5.69 Å². The van der Waals surface area contributed by atoms with E-state index in [0.29, 0.717) is 27.2 Å². The van der Waals surface area contributed by atoms with Crippen molar-refractivity contribution in [2.75, 3.05) is 11.1 Å². The second-order valence-electron chi connectivity index (χ2n) is 5.41. The largest absolute Gasteiger partial charge is 0.325 e. The monoisotopic (exact) mass is 382 g/mol. The van der Waals surface area contributed by atoms with Crippen molar-refractivity contribution in [1.29, 1.82) is 5.26 Å². The molecule has 1 amide bonds. The normalized spacial score (nSPS) is 10.9. The second-order valence-corrected chi connectivity index (χ2v) is 6.76. The lowest BCUT2D eigenvalue weighted by Gasteiger charge is -2.05. The van der Waals surface area contributed by atoms with Gasteiger partial charge in [0.05, 0.1) is 27.4 Å². The Bertz CT molecular complexity index is 1180. The molecule has 0 aliphatic carbocycles. The lowest BCUT2D eigenvalue weighted by atomic mass is 10.2. The van der Waals surface area contributed by atoms with E-state index in [9.17, 15) is 4.79 Å². The third-order valence-corrected chi connectivity index (χ3v) is 4.96. The van der Waals surface area contributed by atoms with Gasteiger partial charge in [-0.15, -0.1) is 5.10 Å². The lowest BCUT2D eigenvalue weighted by Crippen LogP contribution is -2.14. The molecular formula is C17H11ClN6OS. The Labute approximate surface area is 157 Å². The standard InChI is InChI=1S/C17H11ClN6OS/c18-12-7-11(6-5-10(12)8-19)20-15(25)9-26-17-23-22-16-21-13-3-1-2-4-14(13)24(16)17/h1-7H,9H2,(H,20,25)(H,21,22). The fourth-order valence-electron chi connectivity index (χ4n) is 2.55. The first-order valence-corrected chi connectivity index (χ1v) is 8.96. The van der Waals surface area contributed by atoms with E-state index in [1.807, 2.05) is 34.7 Å². The van der Waals surface area contributed by atoms with Gasteiger partial charge in [-0.25, -0.2) is 10.1 Å². The predicted molar refractivity (Wildman–Crippen MR) is 100 cm³/mol. The number of thioether (sulfide) groups is 1. The summed E-state index contributed by atoms with van der Waals surface area (Å²) in [5.74, 6) is 0.605. The number of nitriles is 1. The van der Waals surface area contributed by atoms with Gasteiger partial charge in [-0.3, -0.25) is 9.20 Å². The summed E-state index contributed by atoms with van der Waals surface area (Å²) in [4.78, 5) is 16.7. The van der Waals surface area contributed by atoms with Gasteiger partial charge in [0.15, 0.2) is 5.16 Å². The molecular weight excluding hydrogens is 372 g/mol. The number of benzene rings is 2. The van der Waals surface area contributed by atoms with Crippen LogP contribution in [0, 0.1) is 11.3 Å². The van der Waals surface area contributed by atoms with E-state index in [0.717, 1.165) is 11.0 Å². The van der Waals surface area contributed by atoms with Crippen LogP contribution in [0.1, 0.15) is 5.56 Å². The van der Waals surface area contributed by atoms with Gasteiger partial charge in [0.1, 0.15) is 6.07 Å². The maximum atomic E-state index is 12.2. The molecule has 26 heavy (non-hydrogen) atoms. The summed E-state index contributed by atoms with van der Waals surface area (Å²) in [6.45, 7) is 0. The predicted octanol–water partition coefficient (Wildman–Crippen LogP) is 3.47. The number of H-pyrrole nitrogens is 1. The van der Waals surface area contributed by atoms with E-state index in [4.69, 9.17) is 16.9 Å². The van der Waals surface area contributed by atoms with Gasteiger partial charge in [0.2, 0.25) is 11.7 Å². The smallest absolute Gasteiger partial charge is 0.234 e. The Morgan fingerprint density at radius 3 is 3.00 bits per heavy atom. The number of aromatic nitrogens is 4. The summed E-state index contributed by atoms with van der Waals surface area (Å²) in [5, 5.41) is 19.7. The third-order valence-electron chi connectivity index (χ3n) is 3.71. The summed E-state index contributed by atoms with van der Waals surface area (Å²) in [7, 11) is 0. The number of nitrogens with zero attached hydrogens (tertiary/aromatic N) is 4. The molecule has 0 saturated carbocycles. The van der Waals surface area contributed by atoms with Crippen LogP contribution in [-0.2, 0) is 4.79 Å². The number of anilines is 1. The van der Waals surface area contributed by atoms with Crippen molar-refractivity contribution >= 4 is 51.8 Å². The molecule has 0 spiro atoms. The molecule has 0 aliphatic heterocycles. The third kappa shape index (κ3) is 2.98. The second kappa shape index (κ2) is 6.71. The Morgan fingerprint density at radius 1 is 1.35 bits per heavy atom. The van der Waals surface area contributed by atoms with E-state index in [2.05, 4.69) is 20.5 Å². The van der Waals surface area contributed by atoms with Crippen LogP contribution in [0.5, 0.6) is 0 Å². The minimum atomic E-state index is -0.198. The van der Waals surface area contributed by atoms with E-state index in [1.54, 1.807) is 18.2 Å². The van der Waals surface area contributed by atoms with Crippen LogP contribution in [0.2, 0.25) is 5.02 Å². The van der Waals surface area contributed by atoms with Crippen molar-refractivity contribution in [1.82, 2.24) is 19.6 Å². The van der Waals surface area contributed by atoms with Crippen molar-refractivity contribution in [3.05, 3.63) is 53.1 Å². The number of halogens is 1. The number of carbonyl (C=O) groups is 1. The van der Waals surface area contributed by atoms with Crippen LogP contribution in [0.3, 0.4) is 0 Å². The van der Waals surface area contributed by atoms with Crippen LogP contribution in [0.15, 0.2) is 47.6 Å². The molecule has 2 heterocycles. The summed E-state index contributed by atoms with van der Waals surface area (Å²) in [6, 6.07) is 14.5. The maximum absolute atomic E-state index is 12.2. The Morgan fingerprint density at radius 2 is 2.19 bits per heavy atom. The molecule has 0 radical (unpaired) electrons. The first-order chi connectivity index (χ1) is 12.7. The van der Waals surface area contributed by atoms with Gasteiger partial charge in [-0.1, -0.05) is 35.5 Å². The van der Waals surface area contributed by atoms with Crippen molar-refractivity contribution in [2.24, 2.45) is 0 Å². The Kier molecular flexibility index (Phi) is 4.24. The number of nitrogens with one attached hydrogen (secondary N) is 2. The first kappa shape index (κ1) is 16.4. The minimum Gasteiger partial charge on any atom is -0.325 e. The highest BCUT2D eigenvalue weighted by atomic mass is 35.5. The van der Waals surface area contributed by atoms with Crippen molar-refractivity contribution in [3.63, 3.8) is 0 Å². The van der Waals surface area contributed by atoms with Crippen LogP contribution in [0.25, 0.3) is 16.8 Å². The fraction of sp³-hybridized carbons (Fsp3) is 0.0588. The van der Waals surface area contributed by atoms with Crippen molar-refractivity contribution in [2.45, 2.75) is 5.16 Å². The molecule has 0 aliphatic rings. The molecule has 128 valence electrons. The van der Waals surface area contributed by atoms with Crippen molar-refractivity contribution in [3.8, 4) is 6.07 Å². The summed E-state index contributed by atoms with van der Waals surface area (Å²) < 4.78 is 1.88. The number of rotatable bonds is 4. The Hall–Kier alpha value is -3.02. The van der Waals surface area contributed by atoms with Crippen molar-refractivity contribution < 1.29 is 4.79 Å². The molecule has 2 aromatic carbocycles. The molecule has 2 aromatic heterocycles. The number of hydrogen-bond acceptors (Lipinski definition) is 5. The SMILES string of the molecule is N#Cc1ccc(NC(=O)CSc2n[nH]c3nc4ccccc4n23)cc1Cl. The molecule has 4 aromatic rings. The highest BCUT2D eigenvalue weighted by molar-refractivity contribution is 7.99. The van der Waals surface area contributed by atoms with E-state index >= 15 is 0 Å². The van der Waals surface area contributed by atoms with Crippen LogP contribution in [-0.4, -0.2) is 31.2 Å². The molecule has 2 N–H and O–H groups in total. The average molecular weight is 383 g/mol. The molecule has 0 bridgehead atoms. The van der Waals surface area contributed by atoms with Crippen LogP contribution < -0.4 is 5.32 Å². The van der Waals surface area contributed by atoms with Gasteiger partial charge in [-0.2, -0.15) is 5.26 Å². The maximum Gasteiger partial charge on any atom is 0.234 e. The molecule has 9 heteroatoms. The van der Waals surface area contributed by atoms with Gasteiger partial charge < -0.3 is 5.32 Å². The first-order valence-electron chi connectivity index (χ1n) is 7.59. The minimum absolute atomic E-state index is 0.171. The van der Waals surface area contributed by atoms with E-state index < -0.39 is 0 Å².